The second-order valence-electron chi connectivity index (χ2n) is 4.18. The maximum atomic E-state index is 11.8. The van der Waals surface area contributed by atoms with Crippen molar-refractivity contribution in [2.45, 2.75) is 18.9 Å². The molecule has 1 amide bonds. The molecule has 0 saturated heterocycles. The highest BCUT2D eigenvalue weighted by Gasteiger charge is 2.35. The molecular weight excluding hydrogens is 220 g/mol. The summed E-state index contributed by atoms with van der Waals surface area (Å²) in [7, 11) is 0. The van der Waals surface area contributed by atoms with Crippen molar-refractivity contribution in [2.75, 3.05) is 5.32 Å². The third-order valence-electron chi connectivity index (χ3n) is 3.10. The van der Waals surface area contributed by atoms with Gasteiger partial charge in [-0.05, 0) is 12.8 Å². The lowest BCUT2D eigenvalue weighted by Gasteiger charge is -2.34. The molecule has 2 aromatic rings. The minimum atomic E-state index is 0.00950. The predicted molar refractivity (Wildman–Crippen MR) is 59.0 cm³/mol. The predicted octanol–water partition coefficient (Wildman–Crippen LogP) is 0.591. The Kier molecular flexibility index (Phi) is 2.36. The fourth-order valence-electron chi connectivity index (χ4n) is 2.02. The molecule has 0 aromatic carbocycles. The number of carbonyl (C=O) groups is 1. The van der Waals surface area contributed by atoms with Crippen molar-refractivity contribution in [1.29, 1.82) is 0 Å². The molecule has 17 heavy (non-hydrogen) atoms. The molecule has 1 fully saturated rings. The lowest BCUT2D eigenvalue weighted by atomic mass is 9.79. The van der Waals surface area contributed by atoms with Gasteiger partial charge in [-0.25, -0.2) is 4.98 Å². The van der Waals surface area contributed by atoms with E-state index in [1.807, 2.05) is 10.8 Å². The molecule has 1 saturated carbocycles. The van der Waals surface area contributed by atoms with Gasteiger partial charge in [0.1, 0.15) is 0 Å². The largest absolute Gasteiger partial charge is 0.334 e. The zero-order chi connectivity index (χ0) is 11.7. The first-order chi connectivity index (χ1) is 8.33. The number of hydrogen-bond acceptors (Lipinski definition) is 4. The zero-order valence-corrected chi connectivity index (χ0v) is 9.08. The van der Waals surface area contributed by atoms with Crippen LogP contribution in [0.15, 0.2) is 24.9 Å². The first-order valence-electron chi connectivity index (χ1n) is 5.47. The van der Waals surface area contributed by atoms with Gasteiger partial charge in [0.05, 0.1) is 12.5 Å². The fourth-order valence-corrected chi connectivity index (χ4v) is 2.02. The molecule has 0 spiro atoms. The van der Waals surface area contributed by atoms with Crippen molar-refractivity contribution in [3.63, 3.8) is 0 Å². The zero-order valence-electron chi connectivity index (χ0n) is 9.08. The lowest BCUT2D eigenvalue weighted by Crippen LogP contribution is -2.35. The summed E-state index contributed by atoms with van der Waals surface area (Å²) in [4.78, 5) is 15.8. The lowest BCUT2D eigenvalue weighted by molar-refractivity contribution is -0.123. The van der Waals surface area contributed by atoms with E-state index in [4.69, 9.17) is 0 Å². The van der Waals surface area contributed by atoms with Crippen LogP contribution in [0, 0.1) is 5.92 Å². The molecule has 2 aromatic heterocycles. The Hall–Kier alpha value is -2.18. The molecule has 0 radical (unpaired) electrons. The standard InChI is InChI=1S/C10H12N6O/c17-10(13-9-5-12-15-14-9)7-3-8(4-7)16-2-1-11-6-16/h1-2,5-8H,3-4H2,(H2,12,13,14,15,17). The third-order valence-corrected chi connectivity index (χ3v) is 3.10. The van der Waals surface area contributed by atoms with E-state index in [-0.39, 0.29) is 11.8 Å². The molecular formula is C10H12N6O. The van der Waals surface area contributed by atoms with Crippen LogP contribution in [-0.2, 0) is 4.79 Å². The van der Waals surface area contributed by atoms with E-state index in [1.165, 1.54) is 6.20 Å². The second-order valence-corrected chi connectivity index (χ2v) is 4.18. The van der Waals surface area contributed by atoms with E-state index in [1.54, 1.807) is 12.5 Å². The van der Waals surface area contributed by atoms with E-state index >= 15 is 0 Å². The number of aromatic nitrogens is 5. The summed E-state index contributed by atoms with van der Waals surface area (Å²) in [5.41, 5.74) is 0. The molecule has 88 valence electrons. The van der Waals surface area contributed by atoms with Crippen LogP contribution in [0.25, 0.3) is 0 Å². The van der Waals surface area contributed by atoms with Gasteiger partial charge in [-0.2, -0.15) is 10.3 Å². The van der Waals surface area contributed by atoms with Gasteiger partial charge in [0.25, 0.3) is 0 Å². The van der Waals surface area contributed by atoms with Crippen molar-refractivity contribution in [3.05, 3.63) is 24.9 Å². The number of carbonyl (C=O) groups excluding carboxylic acids is 1. The first-order valence-corrected chi connectivity index (χ1v) is 5.47. The Bertz CT molecular complexity index is 485. The number of rotatable bonds is 3. The molecule has 0 aliphatic heterocycles. The normalized spacial score (nSPS) is 23.1. The van der Waals surface area contributed by atoms with Crippen LogP contribution in [0.3, 0.4) is 0 Å². The number of nitrogens with zero attached hydrogens (tertiary/aromatic N) is 4. The van der Waals surface area contributed by atoms with Gasteiger partial charge in [-0.1, -0.05) is 0 Å². The van der Waals surface area contributed by atoms with Crippen molar-refractivity contribution >= 4 is 11.7 Å². The van der Waals surface area contributed by atoms with Crippen LogP contribution in [0.5, 0.6) is 0 Å². The maximum absolute atomic E-state index is 11.8. The van der Waals surface area contributed by atoms with Crippen LogP contribution in [0.4, 0.5) is 5.82 Å². The number of aromatic amines is 1. The van der Waals surface area contributed by atoms with Crippen LogP contribution in [0.2, 0.25) is 0 Å². The van der Waals surface area contributed by atoms with Crippen LogP contribution < -0.4 is 5.32 Å². The molecule has 0 unspecified atom stereocenters. The van der Waals surface area contributed by atoms with Crippen molar-refractivity contribution in [3.8, 4) is 0 Å². The third kappa shape index (κ3) is 1.91. The number of H-pyrrole nitrogens is 1. The Morgan fingerprint density at radius 3 is 3.06 bits per heavy atom. The van der Waals surface area contributed by atoms with Crippen molar-refractivity contribution in [2.24, 2.45) is 5.92 Å². The van der Waals surface area contributed by atoms with Crippen molar-refractivity contribution in [1.82, 2.24) is 25.0 Å². The van der Waals surface area contributed by atoms with Crippen molar-refractivity contribution < 1.29 is 4.79 Å². The molecule has 1 aliphatic rings. The molecule has 0 bridgehead atoms. The SMILES string of the molecule is O=C(Nc1cn[nH]n1)C1CC(n2ccnc2)C1. The molecule has 1 aliphatic carbocycles. The van der Waals surface area contributed by atoms with Crippen LogP contribution in [-0.4, -0.2) is 30.9 Å². The molecule has 2 heterocycles. The quantitative estimate of drug-likeness (QED) is 0.810. The molecule has 3 rings (SSSR count). The van der Waals surface area contributed by atoms with E-state index in [0.29, 0.717) is 11.9 Å². The Labute approximate surface area is 97.2 Å². The number of hydrogen-bond donors (Lipinski definition) is 2. The first kappa shape index (κ1) is 10.0. The highest BCUT2D eigenvalue weighted by Crippen LogP contribution is 2.37. The highest BCUT2D eigenvalue weighted by molar-refractivity contribution is 5.92. The number of amides is 1. The summed E-state index contributed by atoms with van der Waals surface area (Å²) in [6.45, 7) is 0. The number of nitrogens with one attached hydrogen (secondary N) is 2. The van der Waals surface area contributed by atoms with Gasteiger partial charge in [-0.3, -0.25) is 4.79 Å². The van der Waals surface area contributed by atoms with Gasteiger partial charge in [-0.15, -0.1) is 5.10 Å². The Morgan fingerprint density at radius 1 is 1.53 bits per heavy atom. The minimum Gasteiger partial charge on any atom is -0.334 e. The van der Waals surface area contributed by atoms with Gasteiger partial charge in [0, 0.05) is 24.4 Å². The van der Waals surface area contributed by atoms with Gasteiger partial charge < -0.3 is 9.88 Å². The molecule has 0 atom stereocenters. The van der Waals surface area contributed by atoms with Crippen LogP contribution >= 0.6 is 0 Å². The van der Waals surface area contributed by atoms with E-state index in [2.05, 4.69) is 25.7 Å². The number of imidazole rings is 1. The average molecular weight is 232 g/mol. The summed E-state index contributed by atoms with van der Waals surface area (Å²) in [5.74, 6) is 0.537. The maximum Gasteiger partial charge on any atom is 0.228 e. The summed E-state index contributed by atoms with van der Waals surface area (Å²) in [6, 6.07) is 0.394. The second kappa shape index (κ2) is 4.00. The summed E-state index contributed by atoms with van der Waals surface area (Å²) < 4.78 is 2.04. The van der Waals surface area contributed by atoms with Gasteiger partial charge in [0.15, 0.2) is 5.82 Å². The number of anilines is 1. The molecule has 2 N–H and O–H groups in total. The fraction of sp³-hybridized carbons (Fsp3) is 0.400. The summed E-state index contributed by atoms with van der Waals surface area (Å²) in [6.07, 6.45) is 8.65. The van der Waals surface area contributed by atoms with Gasteiger partial charge in [0.2, 0.25) is 5.91 Å². The summed E-state index contributed by atoms with van der Waals surface area (Å²) in [5, 5.41) is 12.6. The summed E-state index contributed by atoms with van der Waals surface area (Å²) >= 11 is 0. The van der Waals surface area contributed by atoms with Gasteiger partial charge >= 0.3 is 0 Å². The Morgan fingerprint density at radius 2 is 2.41 bits per heavy atom. The topological polar surface area (TPSA) is 88.5 Å². The van der Waals surface area contributed by atoms with E-state index in [0.717, 1.165) is 12.8 Å². The van der Waals surface area contributed by atoms with E-state index < -0.39 is 0 Å². The minimum absolute atomic E-state index is 0.00950. The van der Waals surface area contributed by atoms with E-state index in [9.17, 15) is 4.79 Å². The molecule has 7 heteroatoms. The average Bonchev–Trinajstić information content (AvgIpc) is 2.87. The smallest absolute Gasteiger partial charge is 0.228 e. The Balaban J connectivity index is 1.54. The monoisotopic (exact) mass is 232 g/mol. The molecule has 7 nitrogen and oxygen atoms in total. The highest BCUT2D eigenvalue weighted by atomic mass is 16.2. The van der Waals surface area contributed by atoms with Crippen LogP contribution in [0.1, 0.15) is 18.9 Å².